The standard InChI is InChI=1S/C24H25N3O4S/c1-4-31-19-11-16(8-9-18(19)30-3)17-12-20(28)25-22-21(17)23(29)27-24(26-22)32-13-15-7-5-6-14(2)10-15/h5-11,17H,4,12-13H2,1-3H3,(H2,25,26,27,28,29)/t17-/m0/s1. The summed E-state index contributed by atoms with van der Waals surface area (Å²) in [7, 11) is 1.57. The predicted molar refractivity (Wildman–Crippen MR) is 125 cm³/mol. The summed E-state index contributed by atoms with van der Waals surface area (Å²) in [5, 5.41) is 3.24. The molecule has 0 spiro atoms. The number of ether oxygens (including phenoxy) is 2. The Kier molecular flexibility index (Phi) is 6.50. The van der Waals surface area contributed by atoms with Gasteiger partial charge in [0.15, 0.2) is 16.7 Å². The third-order valence-electron chi connectivity index (χ3n) is 5.28. The number of aromatic nitrogens is 2. The van der Waals surface area contributed by atoms with Crippen LogP contribution in [0.4, 0.5) is 5.82 Å². The molecule has 8 heteroatoms. The van der Waals surface area contributed by atoms with Crippen LogP contribution in [0.3, 0.4) is 0 Å². The second-order valence-corrected chi connectivity index (χ2v) is 8.52. The van der Waals surface area contributed by atoms with Crippen molar-refractivity contribution in [3.8, 4) is 11.5 Å². The lowest BCUT2D eigenvalue weighted by atomic mass is 9.86. The number of hydrogen-bond acceptors (Lipinski definition) is 6. The molecule has 1 aliphatic heterocycles. The Bertz CT molecular complexity index is 1210. The lowest BCUT2D eigenvalue weighted by molar-refractivity contribution is -0.116. The van der Waals surface area contributed by atoms with Crippen LogP contribution in [-0.4, -0.2) is 29.6 Å². The summed E-state index contributed by atoms with van der Waals surface area (Å²) < 4.78 is 11.0. The molecule has 0 bridgehead atoms. The highest BCUT2D eigenvalue weighted by Crippen LogP contribution is 2.38. The molecule has 2 heterocycles. The number of amides is 1. The minimum Gasteiger partial charge on any atom is -0.493 e. The summed E-state index contributed by atoms with van der Waals surface area (Å²) in [6.07, 6.45) is 0.158. The number of thioether (sulfide) groups is 1. The smallest absolute Gasteiger partial charge is 0.257 e. The zero-order valence-electron chi connectivity index (χ0n) is 18.2. The molecule has 166 valence electrons. The van der Waals surface area contributed by atoms with Gasteiger partial charge >= 0.3 is 0 Å². The fourth-order valence-corrected chi connectivity index (χ4v) is 4.64. The van der Waals surface area contributed by atoms with E-state index in [0.29, 0.717) is 40.4 Å². The second kappa shape index (κ2) is 9.48. The minimum atomic E-state index is -0.420. The van der Waals surface area contributed by atoms with Crippen molar-refractivity contribution in [2.24, 2.45) is 0 Å². The van der Waals surface area contributed by atoms with Gasteiger partial charge in [0.2, 0.25) is 5.91 Å². The van der Waals surface area contributed by atoms with Gasteiger partial charge in [-0.05, 0) is 37.1 Å². The van der Waals surface area contributed by atoms with Crippen molar-refractivity contribution in [2.75, 3.05) is 19.0 Å². The van der Waals surface area contributed by atoms with Crippen molar-refractivity contribution < 1.29 is 14.3 Å². The van der Waals surface area contributed by atoms with E-state index in [4.69, 9.17) is 9.47 Å². The van der Waals surface area contributed by atoms with Crippen LogP contribution in [-0.2, 0) is 10.5 Å². The average Bonchev–Trinajstić information content (AvgIpc) is 2.77. The number of methoxy groups -OCH3 is 1. The maximum Gasteiger partial charge on any atom is 0.257 e. The van der Waals surface area contributed by atoms with Gasteiger partial charge in [-0.25, -0.2) is 4.98 Å². The number of nitrogens with one attached hydrogen (secondary N) is 2. The summed E-state index contributed by atoms with van der Waals surface area (Å²) >= 11 is 1.43. The Labute approximate surface area is 190 Å². The van der Waals surface area contributed by atoms with E-state index in [-0.39, 0.29) is 17.9 Å². The van der Waals surface area contributed by atoms with Gasteiger partial charge < -0.3 is 19.8 Å². The third-order valence-corrected chi connectivity index (χ3v) is 6.22. The van der Waals surface area contributed by atoms with Crippen LogP contribution in [0, 0.1) is 6.92 Å². The van der Waals surface area contributed by atoms with Crippen molar-refractivity contribution in [2.45, 2.75) is 37.1 Å². The number of carbonyl (C=O) groups excluding carboxylic acids is 1. The molecule has 0 unspecified atom stereocenters. The van der Waals surface area contributed by atoms with E-state index in [1.165, 1.54) is 17.3 Å². The van der Waals surface area contributed by atoms with Crippen LogP contribution >= 0.6 is 11.8 Å². The Morgan fingerprint density at radius 2 is 2.00 bits per heavy atom. The maximum absolute atomic E-state index is 13.1. The average molecular weight is 452 g/mol. The number of nitrogens with zero attached hydrogens (tertiary/aromatic N) is 1. The lowest BCUT2D eigenvalue weighted by Crippen LogP contribution is -2.31. The number of benzene rings is 2. The first kappa shape index (κ1) is 22.0. The van der Waals surface area contributed by atoms with E-state index in [2.05, 4.69) is 21.4 Å². The minimum absolute atomic E-state index is 0.158. The van der Waals surface area contributed by atoms with E-state index < -0.39 is 5.92 Å². The molecule has 0 saturated heterocycles. The zero-order chi connectivity index (χ0) is 22.7. The van der Waals surface area contributed by atoms with Crippen molar-refractivity contribution in [3.63, 3.8) is 0 Å². The predicted octanol–water partition coefficient (Wildman–Crippen LogP) is 4.25. The molecular formula is C24H25N3O4S. The summed E-state index contributed by atoms with van der Waals surface area (Å²) in [4.78, 5) is 33.0. The quantitative estimate of drug-likeness (QED) is 0.412. The number of anilines is 1. The van der Waals surface area contributed by atoms with Gasteiger partial charge in [-0.2, -0.15) is 0 Å². The van der Waals surface area contributed by atoms with Crippen LogP contribution in [0.2, 0.25) is 0 Å². The van der Waals surface area contributed by atoms with Crippen molar-refractivity contribution in [3.05, 3.63) is 75.1 Å². The number of aryl methyl sites for hydroxylation is 1. The maximum atomic E-state index is 13.1. The lowest BCUT2D eigenvalue weighted by Gasteiger charge is -2.25. The molecule has 4 rings (SSSR count). The highest BCUT2D eigenvalue weighted by Gasteiger charge is 2.31. The SMILES string of the molecule is CCOc1cc([C@@H]2CC(=O)Nc3nc(SCc4cccc(C)c4)[nH]c(=O)c32)ccc1OC. The molecule has 1 atom stereocenters. The van der Waals surface area contributed by atoms with Gasteiger partial charge in [0.25, 0.3) is 5.56 Å². The van der Waals surface area contributed by atoms with Gasteiger partial charge in [-0.3, -0.25) is 9.59 Å². The normalized spacial score (nSPS) is 15.1. The van der Waals surface area contributed by atoms with Gasteiger partial charge in [0.05, 0.1) is 19.3 Å². The Balaban J connectivity index is 1.66. The fourth-order valence-electron chi connectivity index (χ4n) is 3.84. The number of hydrogen-bond donors (Lipinski definition) is 2. The van der Waals surface area contributed by atoms with Gasteiger partial charge in [0, 0.05) is 18.1 Å². The summed E-state index contributed by atoms with van der Waals surface area (Å²) in [6, 6.07) is 13.7. The Hall–Kier alpha value is -3.26. The fraction of sp³-hybridized carbons (Fsp3) is 0.292. The molecule has 1 amide bonds. The van der Waals surface area contributed by atoms with Crippen LogP contribution in [0.15, 0.2) is 52.4 Å². The second-order valence-electron chi connectivity index (χ2n) is 7.56. The number of fused-ring (bicyclic) bond motifs is 1. The van der Waals surface area contributed by atoms with Crippen LogP contribution < -0.4 is 20.3 Å². The number of carbonyl (C=O) groups is 1. The summed E-state index contributed by atoms with van der Waals surface area (Å²) in [5.41, 5.74) is 3.32. The molecule has 7 nitrogen and oxygen atoms in total. The van der Waals surface area contributed by atoms with Crippen LogP contribution in [0.5, 0.6) is 11.5 Å². The number of H-pyrrole nitrogens is 1. The Morgan fingerprint density at radius 1 is 1.16 bits per heavy atom. The van der Waals surface area contributed by atoms with Crippen molar-refractivity contribution >= 4 is 23.5 Å². The molecule has 0 fully saturated rings. The number of rotatable bonds is 7. The van der Waals surface area contributed by atoms with E-state index in [1.807, 2.05) is 44.2 Å². The topological polar surface area (TPSA) is 93.3 Å². The largest absolute Gasteiger partial charge is 0.493 e. The highest BCUT2D eigenvalue weighted by atomic mass is 32.2. The van der Waals surface area contributed by atoms with E-state index in [1.54, 1.807) is 13.2 Å². The first-order valence-electron chi connectivity index (χ1n) is 10.4. The third kappa shape index (κ3) is 4.65. The number of aromatic amines is 1. The van der Waals surface area contributed by atoms with Gasteiger partial charge in [-0.15, -0.1) is 0 Å². The van der Waals surface area contributed by atoms with E-state index >= 15 is 0 Å². The summed E-state index contributed by atoms with van der Waals surface area (Å²) in [5.74, 6) is 1.56. The first-order valence-corrected chi connectivity index (χ1v) is 11.4. The molecular weight excluding hydrogens is 426 g/mol. The Morgan fingerprint density at radius 3 is 2.75 bits per heavy atom. The molecule has 0 saturated carbocycles. The van der Waals surface area contributed by atoms with Crippen molar-refractivity contribution in [1.29, 1.82) is 0 Å². The molecule has 2 N–H and O–H groups in total. The van der Waals surface area contributed by atoms with Crippen LogP contribution in [0.1, 0.15) is 41.5 Å². The molecule has 32 heavy (non-hydrogen) atoms. The summed E-state index contributed by atoms with van der Waals surface area (Å²) in [6.45, 7) is 4.41. The van der Waals surface area contributed by atoms with Gasteiger partial charge in [0.1, 0.15) is 5.82 Å². The van der Waals surface area contributed by atoms with E-state index in [0.717, 1.165) is 11.1 Å². The molecule has 3 aromatic rings. The monoisotopic (exact) mass is 451 g/mol. The molecule has 0 aliphatic carbocycles. The molecule has 0 radical (unpaired) electrons. The van der Waals surface area contributed by atoms with Gasteiger partial charge in [-0.1, -0.05) is 47.7 Å². The first-order chi connectivity index (χ1) is 15.5. The molecule has 1 aliphatic rings. The van der Waals surface area contributed by atoms with Crippen LogP contribution in [0.25, 0.3) is 0 Å². The molecule has 1 aromatic heterocycles. The van der Waals surface area contributed by atoms with Crippen molar-refractivity contribution in [1.82, 2.24) is 9.97 Å². The molecule has 2 aromatic carbocycles. The highest BCUT2D eigenvalue weighted by molar-refractivity contribution is 7.98. The van der Waals surface area contributed by atoms with E-state index in [9.17, 15) is 9.59 Å². The zero-order valence-corrected chi connectivity index (χ0v) is 19.0.